The van der Waals surface area contributed by atoms with Crippen molar-refractivity contribution < 1.29 is 13.5 Å². The number of rotatable bonds is 6. The van der Waals surface area contributed by atoms with Crippen molar-refractivity contribution in [2.24, 2.45) is 5.73 Å². The highest BCUT2D eigenvalue weighted by atomic mass is 19.2. The Labute approximate surface area is 107 Å². The summed E-state index contributed by atoms with van der Waals surface area (Å²) < 4.78 is 31.7. The molecule has 2 atom stereocenters. The van der Waals surface area contributed by atoms with Gasteiger partial charge in [0.05, 0.1) is 6.61 Å². The quantitative estimate of drug-likeness (QED) is 0.847. The number of benzene rings is 1. The topological polar surface area (TPSA) is 38.5 Å². The number of hydrogen-bond acceptors (Lipinski definition) is 3. The molecule has 2 N–H and O–H groups in total. The Hall–Kier alpha value is -1.04. The zero-order chi connectivity index (χ0) is 13.7. The van der Waals surface area contributed by atoms with Gasteiger partial charge in [0.2, 0.25) is 0 Å². The predicted molar refractivity (Wildman–Crippen MR) is 67.3 cm³/mol. The number of nitrogens with zero attached hydrogens (tertiary/aromatic N) is 1. The van der Waals surface area contributed by atoms with Crippen LogP contribution in [-0.2, 0) is 4.74 Å². The third-order valence-corrected chi connectivity index (χ3v) is 3.03. The second-order valence-electron chi connectivity index (χ2n) is 4.49. The average Bonchev–Trinajstić information content (AvgIpc) is 2.32. The van der Waals surface area contributed by atoms with Gasteiger partial charge in [-0.1, -0.05) is 12.1 Å². The zero-order valence-corrected chi connectivity index (χ0v) is 11.0. The first-order valence-corrected chi connectivity index (χ1v) is 5.86. The van der Waals surface area contributed by atoms with Crippen LogP contribution in [0.25, 0.3) is 0 Å². The summed E-state index contributed by atoms with van der Waals surface area (Å²) in [5, 5.41) is 0. The molecular weight excluding hydrogens is 238 g/mol. The maximum Gasteiger partial charge on any atom is 0.163 e. The van der Waals surface area contributed by atoms with Crippen molar-refractivity contribution in [2.75, 3.05) is 27.3 Å². The van der Waals surface area contributed by atoms with Crippen LogP contribution in [0.3, 0.4) is 0 Å². The van der Waals surface area contributed by atoms with Gasteiger partial charge in [-0.3, -0.25) is 4.90 Å². The molecule has 1 aromatic rings. The minimum absolute atomic E-state index is 0.165. The molecule has 102 valence electrons. The Morgan fingerprint density at radius 1 is 1.39 bits per heavy atom. The molecule has 0 spiro atoms. The van der Waals surface area contributed by atoms with Crippen LogP contribution in [0.5, 0.6) is 0 Å². The summed E-state index contributed by atoms with van der Waals surface area (Å²) in [5.41, 5.74) is 6.11. The fourth-order valence-electron chi connectivity index (χ4n) is 1.76. The zero-order valence-electron chi connectivity index (χ0n) is 11.0. The molecule has 3 nitrogen and oxygen atoms in total. The first-order valence-electron chi connectivity index (χ1n) is 5.86. The number of hydrogen-bond donors (Lipinski definition) is 1. The lowest BCUT2D eigenvalue weighted by Crippen LogP contribution is -2.38. The summed E-state index contributed by atoms with van der Waals surface area (Å²) in [6.45, 7) is 2.98. The molecule has 1 rings (SSSR count). The summed E-state index contributed by atoms with van der Waals surface area (Å²) >= 11 is 0. The van der Waals surface area contributed by atoms with Gasteiger partial charge >= 0.3 is 0 Å². The van der Waals surface area contributed by atoms with Gasteiger partial charge in [-0.25, -0.2) is 8.78 Å². The van der Waals surface area contributed by atoms with E-state index in [1.165, 1.54) is 12.1 Å². The van der Waals surface area contributed by atoms with Crippen LogP contribution in [0, 0.1) is 11.6 Å². The third kappa shape index (κ3) is 3.73. The Morgan fingerprint density at radius 3 is 2.67 bits per heavy atom. The van der Waals surface area contributed by atoms with Crippen molar-refractivity contribution in [1.82, 2.24) is 4.90 Å². The van der Waals surface area contributed by atoms with Gasteiger partial charge in [0.15, 0.2) is 11.6 Å². The van der Waals surface area contributed by atoms with E-state index in [1.54, 1.807) is 7.11 Å². The van der Waals surface area contributed by atoms with E-state index in [0.717, 1.165) is 6.07 Å². The normalized spacial score (nSPS) is 14.8. The molecule has 0 radical (unpaired) electrons. The minimum Gasteiger partial charge on any atom is -0.383 e. The van der Waals surface area contributed by atoms with Crippen molar-refractivity contribution in [3.8, 4) is 0 Å². The van der Waals surface area contributed by atoms with Crippen LogP contribution in [-0.4, -0.2) is 38.3 Å². The van der Waals surface area contributed by atoms with E-state index < -0.39 is 17.7 Å². The molecule has 1 aromatic carbocycles. The molecular formula is C13H20F2N2O. The molecule has 0 aliphatic rings. The van der Waals surface area contributed by atoms with Crippen LogP contribution >= 0.6 is 0 Å². The molecule has 0 saturated carbocycles. The molecule has 0 aliphatic heterocycles. The van der Waals surface area contributed by atoms with Crippen molar-refractivity contribution >= 4 is 0 Å². The van der Waals surface area contributed by atoms with Gasteiger partial charge in [0.1, 0.15) is 0 Å². The van der Waals surface area contributed by atoms with Gasteiger partial charge in [-0.2, -0.15) is 0 Å². The van der Waals surface area contributed by atoms with Gasteiger partial charge in [0.25, 0.3) is 0 Å². The van der Waals surface area contributed by atoms with E-state index in [9.17, 15) is 8.78 Å². The maximum absolute atomic E-state index is 13.6. The highest BCUT2D eigenvalue weighted by molar-refractivity contribution is 5.22. The van der Waals surface area contributed by atoms with Gasteiger partial charge in [0, 0.05) is 31.3 Å². The van der Waals surface area contributed by atoms with E-state index in [4.69, 9.17) is 10.5 Å². The van der Waals surface area contributed by atoms with Gasteiger partial charge < -0.3 is 10.5 Å². The number of ether oxygens (including phenoxy) is 1. The Kier molecular flexibility index (Phi) is 5.65. The summed E-state index contributed by atoms with van der Waals surface area (Å²) in [7, 11) is 3.50. The molecule has 0 aromatic heterocycles. The van der Waals surface area contributed by atoms with Crippen LogP contribution in [0.1, 0.15) is 18.5 Å². The number of methoxy groups -OCH3 is 1. The van der Waals surface area contributed by atoms with Crippen molar-refractivity contribution in [2.45, 2.75) is 19.0 Å². The molecule has 0 aliphatic carbocycles. The first kappa shape index (κ1) is 15.0. The summed E-state index contributed by atoms with van der Waals surface area (Å²) in [6, 6.07) is 3.66. The fraction of sp³-hybridized carbons (Fsp3) is 0.538. The molecule has 0 fully saturated rings. The number of nitrogens with two attached hydrogens (primary N) is 1. The van der Waals surface area contributed by atoms with Crippen molar-refractivity contribution in [3.63, 3.8) is 0 Å². The second kappa shape index (κ2) is 6.78. The lowest BCUT2D eigenvalue weighted by atomic mass is 10.1. The first-order chi connectivity index (χ1) is 8.47. The van der Waals surface area contributed by atoms with Gasteiger partial charge in [-0.05, 0) is 20.0 Å². The van der Waals surface area contributed by atoms with E-state index >= 15 is 0 Å². The van der Waals surface area contributed by atoms with Crippen molar-refractivity contribution in [1.29, 1.82) is 0 Å². The smallest absolute Gasteiger partial charge is 0.163 e. The summed E-state index contributed by atoms with van der Waals surface area (Å²) in [6.07, 6.45) is 0. The molecule has 18 heavy (non-hydrogen) atoms. The van der Waals surface area contributed by atoms with Crippen LogP contribution in [0.15, 0.2) is 18.2 Å². The van der Waals surface area contributed by atoms with E-state index in [0.29, 0.717) is 13.2 Å². The maximum atomic E-state index is 13.6. The van der Waals surface area contributed by atoms with Gasteiger partial charge in [-0.15, -0.1) is 0 Å². The second-order valence-corrected chi connectivity index (χ2v) is 4.49. The minimum atomic E-state index is -0.865. The van der Waals surface area contributed by atoms with Crippen LogP contribution in [0.4, 0.5) is 8.78 Å². The highest BCUT2D eigenvalue weighted by Crippen LogP contribution is 2.18. The summed E-state index contributed by atoms with van der Waals surface area (Å²) in [4.78, 5) is 1.96. The predicted octanol–water partition coefficient (Wildman–Crippen LogP) is 1.93. The summed E-state index contributed by atoms with van der Waals surface area (Å²) in [5.74, 6) is -1.73. The van der Waals surface area contributed by atoms with Crippen LogP contribution < -0.4 is 5.73 Å². The van der Waals surface area contributed by atoms with E-state index in [-0.39, 0.29) is 11.6 Å². The highest BCUT2D eigenvalue weighted by Gasteiger charge is 2.18. The van der Waals surface area contributed by atoms with Crippen LogP contribution in [0.2, 0.25) is 0 Å². The Balaban J connectivity index is 2.70. The Morgan fingerprint density at radius 2 is 2.06 bits per heavy atom. The molecule has 0 saturated heterocycles. The molecule has 0 bridgehead atoms. The van der Waals surface area contributed by atoms with E-state index in [2.05, 4.69) is 0 Å². The monoisotopic (exact) mass is 258 g/mol. The van der Waals surface area contributed by atoms with Crippen molar-refractivity contribution in [3.05, 3.63) is 35.4 Å². The average molecular weight is 258 g/mol. The number of halogens is 2. The molecule has 0 amide bonds. The largest absolute Gasteiger partial charge is 0.383 e. The van der Waals surface area contributed by atoms with E-state index in [1.807, 2.05) is 18.9 Å². The molecule has 2 unspecified atom stereocenters. The Bertz CT molecular complexity index is 387. The lowest BCUT2D eigenvalue weighted by Gasteiger charge is -2.27. The molecule has 5 heteroatoms. The standard InChI is InChI=1S/C13H20F2N2O/c1-9(8-18-3)17(2)7-12(16)10-5-4-6-11(14)13(10)15/h4-6,9,12H,7-8,16H2,1-3H3. The fourth-order valence-corrected chi connectivity index (χ4v) is 1.76. The third-order valence-electron chi connectivity index (χ3n) is 3.03. The number of likely N-dealkylation sites (N-methyl/N-ethyl adjacent to an activating group) is 1. The lowest BCUT2D eigenvalue weighted by molar-refractivity contribution is 0.112. The SMILES string of the molecule is COCC(C)N(C)CC(N)c1cccc(F)c1F. The molecule has 0 heterocycles.